The Balaban J connectivity index is 1.77. The van der Waals surface area contributed by atoms with Crippen LogP contribution in [0.5, 0.6) is 0 Å². The lowest BCUT2D eigenvalue weighted by Gasteiger charge is -2.21. The molecule has 0 atom stereocenters. The van der Waals surface area contributed by atoms with Crippen LogP contribution in [0.1, 0.15) is 37.9 Å². The van der Waals surface area contributed by atoms with Gasteiger partial charge in [0, 0.05) is 16.7 Å². The number of nitriles is 1. The van der Waals surface area contributed by atoms with Crippen molar-refractivity contribution < 1.29 is 13.9 Å². The first kappa shape index (κ1) is 18.6. The molecule has 1 aliphatic rings. The molecule has 3 rings (SSSR count). The first-order valence-corrected chi connectivity index (χ1v) is 9.20. The largest absolute Gasteiger partial charge is 0.458 e. The zero-order valence-electron chi connectivity index (χ0n) is 14.0. The molecule has 0 aliphatic heterocycles. The number of rotatable bonds is 4. The van der Waals surface area contributed by atoms with Gasteiger partial charge in [0.25, 0.3) is 0 Å². The smallest absolute Gasteiger partial charge is 0.349 e. The summed E-state index contributed by atoms with van der Waals surface area (Å²) in [6.07, 6.45) is 6.23. The van der Waals surface area contributed by atoms with Gasteiger partial charge in [-0.1, -0.05) is 29.6 Å². The normalized spacial score (nSPS) is 15.5. The summed E-state index contributed by atoms with van der Waals surface area (Å²) in [5, 5.41) is 10.3. The Morgan fingerprint density at radius 1 is 1.19 bits per heavy atom. The minimum absolute atomic E-state index is 0.0892. The first-order chi connectivity index (χ1) is 12.6. The minimum atomic E-state index is -0.613. The van der Waals surface area contributed by atoms with Crippen molar-refractivity contribution in [1.29, 1.82) is 5.26 Å². The fourth-order valence-electron chi connectivity index (χ4n) is 2.94. The van der Waals surface area contributed by atoms with Crippen molar-refractivity contribution >= 4 is 35.2 Å². The van der Waals surface area contributed by atoms with Gasteiger partial charge in [-0.25, -0.2) is 4.79 Å². The second-order valence-electron chi connectivity index (χ2n) is 6.16. The van der Waals surface area contributed by atoms with Crippen molar-refractivity contribution in [3.8, 4) is 17.4 Å². The molecule has 0 bridgehead atoms. The molecule has 0 N–H and O–H groups in total. The SMILES string of the molecule is N#C/C(=C\c1ccc(-c2cc(Cl)ccc2Cl)o1)C(=O)OC1CCCCC1. The molecule has 6 heteroatoms. The van der Waals surface area contributed by atoms with Gasteiger partial charge in [0.2, 0.25) is 0 Å². The van der Waals surface area contributed by atoms with Crippen LogP contribution in [0.15, 0.2) is 40.3 Å². The van der Waals surface area contributed by atoms with Gasteiger partial charge in [0.1, 0.15) is 29.3 Å². The van der Waals surface area contributed by atoms with Gasteiger partial charge < -0.3 is 9.15 Å². The van der Waals surface area contributed by atoms with Crippen molar-refractivity contribution in [2.24, 2.45) is 0 Å². The number of ether oxygens (including phenoxy) is 1. The van der Waals surface area contributed by atoms with E-state index >= 15 is 0 Å². The Bertz CT molecular complexity index is 873. The first-order valence-electron chi connectivity index (χ1n) is 8.45. The topological polar surface area (TPSA) is 63.2 Å². The quantitative estimate of drug-likeness (QED) is 0.363. The van der Waals surface area contributed by atoms with E-state index in [1.165, 1.54) is 6.08 Å². The number of hydrogen-bond donors (Lipinski definition) is 0. The van der Waals surface area contributed by atoms with E-state index in [-0.39, 0.29) is 11.7 Å². The molecule has 0 amide bonds. The average Bonchev–Trinajstić information content (AvgIpc) is 3.11. The molecule has 0 spiro atoms. The fraction of sp³-hybridized carbons (Fsp3) is 0.300. The number of halogens is 2. The second-order valence-corrected chi connectivity index (χ2v) is 7.00. The number of nitrogens with zero attached hydrogens (tertiary/aromatic N) is 1. The summed E-state index contributed by atoms with van der Waals surface area (Å²) < 4.78 is 11.1. The average molecular weight is 390 g/mol. The lowest BCUT2D eigenvalue weighted by molar-refractivity contribution is -0.145. The Morgan fingerprint density at radius 2 is 1.96 bits per heavy atom. The van der Waals surface area contributed by atoms with Crippen LogP contribution in [0.25, 0.3) is 17.4 Å². The molecule has 0 unspecified atom stereocenters. The predicted molar refractivity (Wildman–Crippen MR) is 101 cm³/mol. The van der Waals surface area contributed by atoms with Crippen LogP contribution >= 0.6 is 23.2 Å². The number of carbonyl (C=O) groups excluding carboxylic acids is 1. The molecular formula is C20H17Cl2NO3. The van der Waals surface area contributed by atoms with Crippen molar-refractivity contribution in [1.82, 2.24) is 0 Å². The third-order valence-electron chi connectivity index (χ3n) is 4.27. The van der Waals surface area contributed by atoms with Crippen LogP contribution in [0.3, 0.4) is 0 Å². The van der Waals surface area contributed by atoms with E-state index in [9.17, 15) is 10.1 Å². The monoisotopic (exact) mass is 389 g/mol. The molecular weight excluding hydrogens is 373 g/mol. The van der Waals surface area contributed by atoms with E-state index in [1.54, 1.807) is 30.3 Å². The standard InChI is InChI=1S/C20H17Cl2NO3/c21-14-6-8-18(22)17(11-14)19-9-7-16(25-19)10-13(12-23)20(24)26-15-4-2-1-3-5-15/h6-11,15H,1-5H2/b13-10+. The molecule has 0 saturated heterocycles. The molecule has 1 saturated carbocycles. The van der Waals surface area contributed by atoms with Gasteiger partial charge in [-0.15, -0.1) is 0 Å². The molecule has 1 aromatic heterocycles. The summed E-state index contributed by atoms with van der Waals surface area (Å²) in [5.41, 5.74) is 0.552. The maximum Gasteiger partial charge on any atom is 0.349 e. The molecule has 0 radical (unpaired) electrons. The van der Waals surface area contributed by atoms with Gasteiger partial charge in [-0.2, -0.15) is 5.26 Å². The van der Waals surface area contributed by atoms with Crippen molar-refractivity contribution in [2.45, 2.75) is 38.2 Å². The highest BCUT2D eigenvalue weighted by atomic mass is 35.5. The van der Waals surface area contributed by atoms with Gasteiger partial charge in [0.15, 0.2) is 0 Å². The summed E-state index contributed by atoms with van der Waals surface area (Å²) in [7, 11) is 0. The number of esters is 1. The highest BCUT2D eigenvalue weighted by Crippen LogP contribution is 2.32. The summed E-state index contributed by atoms with van der Waals surface area (Å²) in [4.78, 5) is 12.2. The highest BCUT2D eigenvalue weighted by Gasteiger charge is 2.20. The van der Waals surface area contributed by atoms with Crippen LogP contribution < -0.4 is 0 Å². The Kier molecular flexibility index (Phi) is 6.03. The Morgan fingerprint density at radius 3 is 2.69 bits per heavy atom. The fourth-order valence-corrected chi connectivity index (χ4v) is 3.32. The number of benzene rings is 1. The van der Waals surface area contributed by atoms with Gasteiger partial charge >= 0.3 is 5.97 Å². The van der Waals surface area contributed by atoms with E-state index in [1.807, 2.05) is 6.07 Å². The summed E-state index contributed by atoms with van der Waals surface area (Å²) in [6.45, 7) is 0. The van der Waals surface area contributed by atoms with E-state index in [4.69, 9.17) is 32.4 Å². The second kappa shape index (κ2) is 8.44. The van der Waals surface area contributed by atoms with Crippen molar-refractivity contribution in [3.63, 3.8) is 0 Å². The molecule has 4 nitrogen and oxygen atoms in total. The molecule has 134 valence electrons. The minimum Gasteiger partial charge on any atom is -0.458 e. The molecule has 1 heterocycles. The lowest BCUT2D eigenvalue weighted by Crippen LogP contribution is -2.21. The zero-order valence-corrected chi connectivity index (χ0v) is 15.5. The van der Waals surface area contributed by atoms with Crippen molar-refractivity contribution in [2.75, 3.05) is 0 Å². The molecule has 2 aromatic rings. The molecule has 1 aliphatic carbocycles. The maximum absolute atomic E-state index is 12.2. The highest BCUT2D eigenvalue weighted by molar-refractivity contribution is 6.35. The summed E-state index contributed by atoms with van der Waals surface area (Å²) >= 11 is 12.2. The van der Waals surface area contributed by atoms with Crippen LogP contribution in [-0.2, 0) is 9.53 Å². The maximum atomic E-state index is 12.2. The van der Waals surface area contributed by atoms with E-state index < -0.39 is 5.97 Å². The number of hydrogen-bond acceptors (Lipinski definition) is 4. The van der Waals surface area contributed by atoms with Crippen LogP contribution in [0.2, 0.25) is 10.0 Å². The number of furan rings is 1. The van der Waals surface area contributed by atoms with Gasteiger partial charge in [-0.3, -0.25) is 0 Å². The lowest BCUT2D eigenvalue weighted by atomic mass is 9.98. The Hall–Kier alpha value is -2.22. The molecule has 1 aromatic carbocycles. The summed E-state index contributed by atoms with van der Waals surface area (Å²) in [6, 6.07) is 10.3. The predicted octanol–water partition coefficient (Wildman–Crippen LogP) is 6.04. The van der Waals surface area contributed by atoms with E-state index in [2.05, 4.69) is 0 Å². The van der Waals surface area contributed by atoms with Crippen LogP contribution in [0.4, 0.5) is 0 Å². The Labute approximate surface area is 162 Å². The molecule has 1 fully saturated rings. The van der Waals surface area contributed by atoms with Crippen LogP contribution in [0, 0.1) is 11.3 Å². The van der Waals surface area contributed by atoms with E-state index in [0.29, 0.717) is 27.1 Å². The van der Waals surface area contributed by atoms with Gasteiger partial charge in [-0.05, 0) is 56.0 Å². The molecule has 26 heavy (non-hydrogen) atoms. The van der Waals surface area contributed by atoms with E-state index in [0.717, 1.165) is 32.1 Å². The third-order valence-corrected chi connectivity index (χ3v) is 4.84. The third kappa shape index (κ3) is 4.49. The van der Waals surface area contributed by atoms with Gasteiger partial charge in [0.05, 0.1) is 5.02 Å². The van der Waals surface area contributed by atoms with Crippen LogP contribution in [-0.4, -0.2) is 12.1 Å². The zero-order chi connectivity index (χ0) is 18.5. The number of carbonyl (C=O) groups is 1. The van der Waals surface area contributed by atoms with Crippen molar-refractivity contribution in [3.05, 3.63) is 51.7 Å². The summed E-state index contributed by atoms with van der Waals surface area (Å²) in [5.74, 6) is 0.257.